The van der Waals surface area contributed by atoms with Crippen molar-refractivity contribution in [1.29, 1.82) is 0 Å². The Hall–Kier alpha value is -2.18. The zero-order chi connectivity index (χ0) is 48.8. The average Bonchev–Trinajstić information content (AvgIpc) is 3.32. The summed E-state index contributed by atoms with van der Waals surface area (Å²) in [4.78, 5) is 26.3. The molecule has 392 valence electrons. The van der Waals surface area contributed by atoms with Gasteiger partial charge in [0.1, 0.15) is 6.10 Å². The van der Waals surface area contributed by atoms with E-state index in [-0.39, 0.29) is 24.9 Å². The number of esters is 1. The van der Waals surface area contributed by atoms with E-state index >= 15 is 0 Å². The largest absolute Gasteiger partial charge is 0.462 e. The quantitative estimate of drug-likeness (QED) is 0.0321. The van der Waals surface area contributed by atoms with Gasteiger partial charge in [-0.2, -0.15) is 0 Å². The molecule has 0 rings (SSSR count). The van der Waals surface area contributed by atoms with Crippen LogP contribution in [0.5, 0.6) is 0 Å². The number of hydrogen-bond donors (Lipinski definition) is 3. The number of carbonyl (C=O) groups excluding carboxylic acids is 2. The highest BCUT2D eigenvalue weighted by Crippen LogP contribution is 2.19. The van der Waals surface area contributed by atoms with Gasteiger partial charge in [-0.25, -0.2) is 0 Å². The van der Waals surface area contributed by atoms with Gasteiger partial charge in [-0.05, 0) is 83.5 Å². The highest BCUT2D eigenvalue weighted by atomic mass is 16.5. The molecule has 0 aromatic rings. The summed E-state index contributed by atoms with van der Waals surface area (Å²) in [5, 5.41) is 23.9. The SMILES string of the molecule is CC/C=C/C/C=C/CCCCCCCCCC(=O)OC(CCCCCCCCC/C=C\C/C=C\CCCCC)CC(=O)NC(CO)C(O)CCCCCCCCCCCCCCCCCCC. The summed E-state index contributed by atoms with van der Waals surface area (Å²) in [6.07, 6.45) is 67.5. The molecule has 0 heterocycles. The van der Waals surface area contributed by atoms with E-state index in [9.17, 15) is 19.8 Å². The predicted molar refractivity (Wildman–Crippen MR) is 292 cm³/mol. The molecule has 0 saturated carbocycles. The van der Waals surface area contributed by atoms with E-state index in [0.29, 0.717) is 19.3 Å². The van der Waals surface area contributed by atoms with Crippen LogP contribution in [0.4, 0.5) is 0 Å². The van der Waals surface area contributed by atoms with Crippen LogP contribution in [0.1, 0.15) is 303 Å². The first-order valence-electron chi connectivity index (χ1n) is 29.4. The third-order valence-corrected chi connectivity index (χ3v) is 13.4. The molecule has 6 nitrogen and oxygen atoms in total. The van der Waals surface area contributed by atoms with Crippen LogP contribution in [0.2, 0.25) is 0 Å². The molecule has 67 heavy (non-hydrogen) atoms. The number of ether oxygens (including phenoxy) is 1. The molecule has 0 aliphatic heterocycles. The standard InChI is InChI=1S/C61H113NO5/c1-4-7-10-13-16-19-22-25-28-30-32-34-37-40-43-46-49-52-57(67-61(66)54-51-48-45-42-39-36-27-24-21-18-15-12-9-6-3)55-60(65)62-58(56-63)59(64)53-50-47-44-41-38-35-33-31-29-26-23-20-17-14-11-8-5-2/h9,12,16,18-19,21,25,28,57-59,63-64H,4-8,10-11,13-15,17,20,22-24,26-27,29-56H2,1-3H3,(H,62,65)/b12-9+,19-16-,21-18+,28-25-. The molecule has 3 N–H and O–H groups in total. The Bertz CT molecular complexity index is 1150. The van der Waals surface area contributed by atoms with Crippen LogP contribution in [0, 0.1) is 0 Å². The number of allylic oxidation sites excluding steroid dienone is 8. The summed E-state index contributed by atoms with van der Waals surface area (Å²) >= 11 is 0. The summed E-state index contributed by atoms with van der Waals surface area (Å²) in [6.45, 7) is 6.39. The fourth-order valence-electron chi connectivity index (χ4n) is 8.97. The molecule has 3 unspecified atom stereocenters. The first-order chi connectivity index (χ1) is 33.0. The summed E-state index contributed by atoms with van der Waals surface area (Å²) in [5.41, 5.74) is 0. The van der Waals surface area contributed by atoms with E-state index in [0.717, 1.165) is 83.5 Å². The highest BCUT2D eigenvalue weighted by Gasteiger charge is 2.24. The third-order valence-electron chi connectivity index (χ3n) is 13.4. The lowest BCUT2D eigenvalue weighted by atomic mass is 10.0. The molecule has 0 saturated heterocycles. The molecule has 0 bridgehead atoms. The Morgan fingerprint density at radius 1 is 0.448 bits per heavy atom. The van der Waals surface area contributed by atoms with E-state index in [1.165, 1.54) is 173 Å². The van der Waals surface area contributed by atoms with E-state index < -0.39 is 18.2 Å². The highest BCUT2D eigenvalue weighted by molar-refractivity contribution is 5.77. The van der Waals surface area contributed by atoms with Crippen molar-refractivity contribution >= 4 is 11.9 Å². The van der Waals surface area contributed by atoms with Gasteiger partial charge in [0.05, 0.1) is 25.2 Å². The van der Waals surface area contributed by atoms with E-state index in [2.05, 4.69) is 74.7 Å². The van der Waals surface area contributed by atoms with Crippen LogP contribution >= 0.6 is 0 Å². The van der Waals surface area contributed by atoms with Crippen molar-refractivity contribution in [2.24, 2.45) is 0 Å². The first kappa shape index (κ1) is 64.8. The minimum absolute atomic E-state index is 0.0703. The minimum atomic E-state index is -0.792. The summed E-state index contributed by atoms with van der Waals surface area (Å²) in [6, 6.07) is -0.706. The van der Waals surface area contributed by atoms with Crippen molar-refractivity contribution in [1.82, 2.24) is 5.32 Å². The van der Waals surface area contributed by atoms with Gasteiger partial charge < -0.3 is 20.3 Å². The molecule has 0 aliphatic rings. The van der Waals surface area contributed by atoms with Crippen molar-refractivity contribution < 1.29 is 24.5 Å². The number of rotatable bonds is 53. The van der Waals surface area contributed by atoms with Gasteiger partial charge in [0.15, 0.2) is 0 Å². The number of unbranched alkanes of at least 4 members (excludes halogenated alkanes) is 33. The lowest BCUT2D eigenvalue weighted by Gasteiger charge is -2.24. The van der Waals surface area contributed by atoms with Crippen LogP contribution in [0.15, 0.2) is 48.6 Å². The second-order valence-corrected chi connectivity index (χ2v) is 20.0. The van der Waals surface area contributed by atoms with Crippen LogP contribution in [0.25, 0.3) is 0 Å². The molecular formula is C61H113NO5. The van der Waals surface area contributed by atoms with Crippen LogP contribution in [0.3, 0.4) is 0 Å². The average molecular weight is 941 g/mol. The number of amides is 1. The smallest absolute Gasteiger partial charge is 0.306 e. The maximum absolute atomic E-state index is 13.3. The predicted octanol–water partition coefficient (Wildman–Crippen LogP) is 18.2. The molecule has 3 atom stereocenters. The Balaban J connectivity index is 4.54. The number of carbonyl (C=O) groups is 2. The second kappa shape index (κ2) is 54.8. The Morgan fingerprint density at radius 3 is 1.24 bits per heavy atom. The number of aliphatic hydroxyl groups excluding tert-OH is 2. The van der Waals surface area contributed by atoms with Crippen molar-refractivity contribution in [2.45, 2.75) is 322 Å². The fraction of sp³-hybridized carbons (Fsp3) is 0.836. The van der Waals surface area contributed by atoms with Gasteiger partial charge in [-0.3, -0.25) is 9.59 Å². The van der Waals surface area contributed by atoms with E-state index in [1.807, 2.05) is 0 Å². The van der Waals surface area contributed by atoms with Crippen molar-refractivity contribution in [2.75, 3.05) is 6.61 Å². The fourth-order valence-corrected chi connectivity index (χ4v) is 8.97. The third kappa shape index (κ3) is 50.0. The number of aliphatic hydroxyl groups is 2. The molecule has 0 aromatic carbocycles. The maximum atomic E-state index is 13.3. The summed E-state index contributed by atoms with van der Waals surface area (Å²) in [7, 11) is 0. The molecule has 6 heteroatoms. The number of nitrogens with one attached hydrogen (secondary N) is 1. The van der Waals surface area contributed by atoms with Gasteiger partial charge >= 0.3 is 5.97 Å². The molecule has 0 fully saturated rings. The first-order valence-corrected chi connectivity index (χ1v) is 29.4. The van der Waals surface area contributed by atoms with Crippen molar-refractivity contribution in [3.63, 3.8) is 0 Å². The normalized spacial score (nSPS) is 13.4. The Labute approximate surface area is 416 Å². The van der Waals surface area contributed by atoms with E-state index in [4.69, 9.17) is 4.74 Å². The van der Waals surface area contributed by atoms with E-state index in [1.54, 1.807) is 0 Å². The van der Waals surface area contributed by atoms with Crippen molar-refractivity contribution in [3.8, 4) is 0 Å². The molecular weight excluding hydrogens is 827 g/mol. The maximum Gasteiger partial charge on any atom is 0.306 e. The van der Waals surface area contributed by atoms with Gasteiger partial charge in [-0.1, -0.05) is 256 Å². The Morgan fingerprint density at radius 2 is 0.806 bits per heavy atom. The molecule has 0 aliphatic carbocycles. The topological polar surface area (TPSA) is 95.9 Å². The zero-order valence-corrected chi connectivity index (χ0v) is 44.8. The lowest BCUT2D eigenvalue weighted by molar-refractivity contribution is -0.151. The van der Waals surface area contributed by atoms with Gasteiger partial charge in [-0.15, -0.1) is 0 Å². The minimum Gasteiger partial charge on any atom is -0.462 e. The monoisotopic (exact) mass is 940 g/mol. The van der Waals surface area contributed by atoms with Gasteiger partial charge in [0.25, 0.3) is 0 Å². The van der Waals surface area contributed by atoms with Gasteiger partial charge in [0.2, 0.25) is 5.91 Å². The van der Waals surface area contributed by atoms with Crippen LogP contribution in [-0.2, 0) is 14.3 Å². The molecule has 0 aromatic heterocycles. The van der Waals surface area contributed by atoms with Crippen molar-refractivity contribution in [3.05, 3.63) is 48.6 Å². The number of hydrogen-bond acceptors (Lipinski definition) is 5. The van der Waals surface area contributed by atoms with Crippen LogP contribution in [-0.4, -0.2) is 46.9 Å². The summed E-state index contributed by atoms with van der Waals surface area (Å²) < 4.78 is 5.96. The zero-order valence-electron chi connectivity index (χ0n) is 44.8. The Kier molecular flexibility index (Phi) is 53.0. The molecule has 0 radical (unpaired) electrons. The van der Waals surface area contributed by atoms with Gasteiger partial charge in [0, 0.05) is 6.42 Å². The summed E-state index contributed by atoms with van der Waals surface area (Å²) in [5.74, 6) is -0.480. The molecule has 1 amide bonds. The molecule has 0 spiro atoms. The van der Waals surface area contributed by atoms with Crippen LogP contribution < -0.4 is 5.32 Å². The lowest BCUT2D eigenvalue weighted by Crippen LogP contribution is -2.46. The second-order valence-electron chi connectivity index (χ2n) is 20.0.